The van der Waals surface area contributed by atoms with E-state index in [0.717, 1.165) is 5.56 Å². The van der Waals surface area contributed by atoms with Gasteiger partial charge in [-0.25, -0.2) is 0 Å². The molecule has 0 saturated heterocycles. The van der Waals surface area contributed by atoms with Crippen molar-refractivity contribution in [3.63, 3.8) is 0 Å². The lowest BCUT2D eigenvalue weighted by atomic mass is 10.2. The molecule has 84 valence electrons. The van der Waals surface area contributed by atoms with Crippen molar-refractivity contribution in [2.45, 2.75) is 13.2 Å². The number of hydrogen-bond acceptors (Lipinski definition) is 3. The highest BCUT2D eigenvalue weighted by atomic mass is 35.5. The molecule has 0 fully saturated rings. The third kappa shape index (κ3) is 2.16. The molecule has 1 aromatic carbocycles. The molecule has 0 aliphatic heterocycles. The van der Waals surface area contributed by atoms with Crippen molar-refractivity contribution >= 4 is 23.8 Å². The number of aromatic nitrogens is 3. The first-order chi connectivity index (χ1) is 7.72. The van der Waals surface area contributed by atoms with Crippen LogP contribution < -0.4 is 0 Å². The molecule has 4 nitrogen and oxygen atoms in total. The Balaban J connectivity index is 2.37. The number of benzene rings is 1. The Kier molecular flexibility index (Phi) is 3.38. The van der Waals surface area contributed by atoms with E-state index < -0.39 is 0 Å². The lowest BCUT2D eigenvalue weighted by Gasteiger charge is -2.06. The van der Waals surface area contributed by atoms with E-state index in [1.54, 1.807) is 4.57 Å². The van der Waals surface area contributed by atoms with Crippen molar-refractivity contribution in [2.75, 3.05) is 0 Å². The second-order valence-electron chi connectivity index (χ2n) is 3.28. The second-order valence-corrected chi connectivity index (χ2v) is 4.07. The molecule has 0 aliphatic rings. The van der Waals surface area contributed by atoms with E-state index >= 15 is 0 Å². The number of H-pyrrole nitrogens is 1. The lowest BCUT2D eigenvalue weighted by molar-refractivity contribution is 0.265. The van der Waals surface area contributed by atoms with Crippen LogP contribution >= 0.6 is 23.8 Å². The van der Waals surface area contributed by atoms with E-state index in [-0.39, 0.29) is 6.61 Å². The largest absolute Gasteiger partial charge is 0.388 e. The van der Waals surface area contributed by atoms with Gasteiger partial charge in [-0.1, -0.05) is 29.8 Å². The molecule has 0 unspecified atom stereocenters. The number of halogens is 1. The van der Waals surface area contributed by atoms with Crippen LogP contribution in [0.25, 0.3) is 0 Å². The summed E-state index contributed by atoms with van der Waals surface area (Å²) in [5.74, 6) is 0.505. The highest BCUT2D eigenvalue weighted by molar-refractivity contribution is 7.71. The van der Waals surface area contributed by atoms with Gasteiger partial charge in [-0.3, -0.25) is 9.67 Å². The fraction of sp³-hybridized carbons (Fsp3) is 0.200. The number of hydrogen-bond donors (Lipinski definition) is 2. The average Bonchev–Trinajstić information content (AvgIpc) is 2.63. The minimum atomic E-state index is -0.155. The number of aromatic amines is 1. The van der Waals surface area contributed by atoms with Gasteiger partial charge < -0.3 is 5.11 Å². The lowest BCUT2D eigenvalue weighted by Crippen LogP contribution is -2.05. The zero-order valence-electron chi connectivity index (χ0n) is 8.35. The molecule has 2 rings (SSSR count). The van der Waals surface area contributed by atoms with E-state index in [1.807, 2.05) is 24.3 Å². The van der Waals surface area contributed by atoms with Gasteiger partial charge in [-0.05, 0) is 23.8 Å². The summed E-state index contributed by atoms with van der Waals surface area (Å²) in [4.78, 5) is 0. The van der Waals surface area contributed by atoms with Gasteiger partial charge in [0.25, 0.3) is 0 Å². The summed E-state index contributed by atoms with van der Waals surface area (Å²) in [6.07, 6.45) is 0. The molecule has 0 atom stereocenters. The number of aliphatic hydroxyl groups excluding tert-OH is 1. The molecular formula is C10H10ClN3OS. The first-order valence-corrected chi connectivity index (χ1v) is 5.49. The van der Waals surface area contributed by atoms with Crippen LogP contribution in [-0.4, -0.2) is 19.9 Å². The van der Waals surface area contributed by atoms with E-state index in [4.69, 9.17) is 28.9 Å². The molecule has 0 radical (unpaired) electrons. The maximum absolute atomic E-state index is 9.10. The Morgan fingerprint density at radius 1 is 1.44 bits per heavy atom. The average molecular weight is 256 g/mol. The highest BCUT2D eigenvalue weighted by Gasteiger charge is 2.07. The molecule has 16 heavy (non-hydrogen) atoms. The molecule has 0 spiro atoms. The molecule has 6 heteroatoms. The van der Waals surface area contributed by atoms with Crippen LogP contribution in [0.4, 0.5) is 0 Å². The zero-order chi connectivity index (χ0) is 11.5. The smallest absolute Gasteiger partial charge is 0.195 e. The maximum atomic E-state index is 9.10. The molecule has 2 N–H and O–H groups in total. The number of aliphatic hydroxyl groups is 1. The number of nitrogens with one attached hydrogen (secondary N) is 1. The summed E-state index contributed by atoms with van der Waals surface area (Å²) in [6.45, 7) is 0.350. The predicted octanol–water partition coefficient (Wildman–Crippen LogP) is 2.13. The summed E-state index contributed by atoms with van der Waals surface area (Å²) in [5, 5.41) is 16.3. The molecule has 0 bridgehead atoms. The normalized spacial score (nSPS) is 10.6. The van der Waals surface area contributed by atoms with E-state index in [9.17, 15) is 0 Å². The summed E-state index contributed by atoms with van der Waals surface area (Å²) in [7, 11) is 0. The van der Waals surface area contributed by atoms with Gasteiger partial charge in [0.2, 0.25) is 0 Å². The third-order valence-corrected chi connectivity index (χ3v) is 2.95. The Morgan fingerprint density at radius 2 is 2.19 bits per heavy atom. The van der Waals surface area contributed by atoms with Crippen molar-refractivity contribution in [3.8, 4) is 0 Å². The van der Waals surface area contributed by atoms with Gasteiger partial charge >= 0.3 is 0 Å². The maximum Gasteiger partial charge on any atom is 0.195 e. The van der Waals surface area contributed by atoms with Crippen molar-refractivity contribution in [1.82, 2.24) is 14.8 Å². The minimum Gasteiger partial charge on any atom is -0.388 e. The van der Waals surface area contributed by atoms with Crippen LogP contribution in [0, 0.1) is 4.77 Å². The first kappa shape index (κ1) is 11.3. The fourth-order valence-corrected chi connectivity index (χ4v) is 1.84. The standard InChI is InChI=1S/C10H10ClN3OS/c11-8-4-2-1-3-7(8)5-14-9(6-15)12-13-10(14)16/h1-4,15H,5-6H2,(H,13,16). The van der Waals surface area contributed by atoms with Crippen molar-refractivity contribution < 1.29 is 5.11 Å². The van der Waals surface area contributed by atoms with Gasteiger partial charge in [-0.2, -0.15) is 5.10 Å². The van der Waals surface area contributed by atoms with E-state index in [0.29, 0.717) is 22.2 Å². The summed E-state index contributed by atoms with van der Waals surface area (Å²) in [6, 6.07) is 7.51. The van der Waals surface area contributed by atoms with E-state index in [2.05, 4.69) is 10.2 Å². The van der Waals surface area contributed by atoms with Gasteiger partial charge in [0.1, 0.15) is 6.61 Å². The van der Waals surface area contributed by atoms with Gasteiger partial charge in [0, 0.05) is 5.02 Å². The molecule has 1 heterocycles. The zero-order valence-corrected chi connectivity index (χ0v) is 9.92. The van der Waals surface area contributed by atoms with Crippen molar-refractivity contribution in [1.29, 1.82) is 0 Å². The van der Waals surface area contributed by atoms with E-state index in [1.165, 1.54) is 0 Å². The predicted molar refractivity (Wildman–Crippen MR) is 63.9 cm³/mol. The van der Waals surface area contributed by atoms with Gasteiger partial charge in [-0.15, -0.1) is 0 Å². The van der Waals surface area contributed by atoms with Gasteiger partial charge in [0.15, 0.2) is 10.6 Å². The fourth-order valence-electron chi connectivity index (χ4n) is 1.43. The molecule has 1 aromatic heterocycles. The Labute approximate surface area is 103 Å². The van der Waals surface area contributed by atoms with Crippen LogP contribution in [0.1, 0.15) is 11.4 Å². The van der Waals surface area contributed by atoms with Crippen LogP contribution in [0.2, 0.25) is 5.02 Å². The van der Waals surface area contributed by atoms with Crippen LogP contribution in [-0.2, 0) is 13.2 Å². The summed E-state index contributed by atoms with van der Waals surface area (Å²) in [5.41, 5.74) is 0.941. The third-order valence-electron chi connectivity index (χ3n) is 2.27. The number of rotatable bonds is 3. The Hall–Kier alpha value is -1.17. The topological polar surface area (TPSA) is 53.8 Å². The molecule has 0 amide bonds. The molecule has 0 saturated carbocycles. The molecular weight excluding hydrogens is 246 g/mol. The Bertz CT molecular complexity index is 549. The number of nitrogens with zero attached hydrogens (tertiary/aromatic N) is 2. The summed E-state index contributed by atoms with van der Waals surface area (Å²) < 4.78 is 2.19. The monoisotopic (exact) mass is 255 g/mol. The Morgan fingerprint density at radius 3 is 2.88 bits per heavy atom. The molecule has 2 aromatic rings. The second kappa shape index (κ2) is 4.78. The van der Waals surface area contributed by atoms with Crippen molar-refractivity contribution in [2.24, 2.45) is 0 Å². The highest BCUT2D eigenvalue weighted by Crippen LogP contribution is 2.16. The van der Waals surface area contributed by atoms with Crippen LogP contribution in [0.5, 0.6) is 0 Å². The van der Waals surface area contributed by atoms with Crippen molar-refractivity contribution in [3.05, 3.63) is 45.4 Å². The minimum absolute atomic E-state index is 0.155. The SMILES string of the molecule is OCc1n[nH]c(=S)n1Cc1ccccc1Cl. The molecule has 0 aliphatic carbocycles. The summed E-state index contributed by atoms with van der Waals surface area (Å²) >= 11 is 11.1. The quantitative estimate of drug-likeness (QED) is 0.827. The van der Waals surface area contributed by atoms with Crippen LogP contribution in [0.3, 0.4) is 0 Å². The van der Waals surface area contributed by atoms with Crippen LogP contribution in [0.15, 0.2) is 24.3 Å². The van der Waals surface area contributed by atoms with Gasteiger partial charge in [0.05, 0.1) is 6.54 Å². The first-order valence-electron chi connectivity index (χ1n) is 4.70.